The molecule has 0 aromatic heterocycles. The Labute approximate surface area is 127 Å². The van der Waals surface area contributed by atoms with E-state index < -0.39 is 0 Å². The van der Waals surface area contributed by atoms with E-state index in [9.17, 15) is 4.39 Å². The van der Waals surface area contributed by atoms with E-state index in [2.05, 4.69) is 37.2 Å². The van der Waals surface area contributed by atoms with Gasteiger partial charge in [0.05, 0.1) is 10.7 Å². The van der Waals surface area contributed by atoms with Crippen molar-refractivity contribution < 1.29 is 4.39 Å². The van der Waals surface area contributed by atoms with Crippen LogP contribution in [0.25, 0.3) is 0 Å². The van der Waals surface area contributed by atoms with Crippen molar-refractivity contribution >= 4 is 49.1 Å². The van der Waals surface area contributed by atoms with Crippen LogP contribution < -0.4 is 5.32 Å². The van der Waals surface area contributed by atoms with E-state index in [-0.39, 0.29) is 5.82 Å². The molecule has 0 fully saturated rings. The minimum absolute atomic E-state index is 0.276. The van der Waals surface area contributed by atoms with E-state index in [1.807, 2.05) is 18.2 Å². The highest BCUT2D eigenvalue weighted by atomic mass is 79.9. The smallest absolute Gasteiger partial charge is 0.146 e. The van der Waals surface area contributed by atoms with Gasteiger partial charge >= 0.3 is 0 Å². The lowest BCUT2D eigenvalue weighted by Crippen LogP contribution is -2.01. The van der Waals surface area contributed by atoms with E-state index in [0.29, 0.717) is 17.3 Å². The standard InChI is InChI=1S/C13H9Br2ClFN/c14-9-2-4-12(17)13(6-9)18-7-8-1-3-10(15)11(16)5-8/h1-6,18H,7H2. The molecule has 2 aromatic carbocycles. The van der Waals surface area contributed by atoms with Gasteiger partial charge in [0.15, 0.2) is 0 Å². The summed E-state index contributed by atoms with van der Waals surface area (Å²) in [5.41, 5.74) is 1.45. The van der Waals surface area contributed by atoms with E-state index in [0.717, 1.165) is 14.5 Å². The van der Waals surface area contributed by atoms with Crippen LogP contribution in [0, 0.1) is 5.82 Å². The Hall–Kier alpha value is -0.580. The number of nitrogens with one attached hydrogen (secondary N) is 1. The second kappa shape index (κ2) is 6.04. The molecule has 1 nitrogen and oxygen atoms in total. The molecule has 0 aliphatic heterocycles. The topological polar surface area (TPSA) is 12.0 Å². The molecule has 94 valence electrons. The van der Waals surface area contributed by atoms with Crippen molar-refractivity contribution in [1.82, 2.24) is 0 Å². The molecule has 0 unspecified atom stereocenters. The molecule has 5 heteroatoms. The van der Waals surface area contributed by atoms with Crippen LogP contribution in [0.4, 0.5) is 10.1 Å². The molecule has 0 aliphatic carbocycles. The third kappa shape index (κ3) is 3.46. The largest absolute Gasteiger partial charge is 0.379 e. The van der Waals surface area contributed by atoms with Crippen molar-refractivity contribution in [2.24, 2.45) is 0 Å². The number of rotatable bonds is 3. The van der Waals surface area contributed by atoms with Gasteiger partial charge in [-0.25, -0.2) is 4.39 Å². The third-order valence-electron chi connectivity index (χ3n) is 2.40. The van der Waals surface area contributed by atoms with Crippen molar-refractivity contribution in [2.75, 3.05) is 5.32 Å². The van der Waals surface area contributed by atoms with E-state index >= 15 is 0 Å². The summed E-state index contributed by atoms with van der Waals surface area (Å²) in [6, 6.07) is 10.4. The molecule has 0 atom stereocenters. The summed E-state index contributed by atoms with van der Waals surface area (Å²) in [5, 5.41) is 3.68. The van der Waals surface area contributed by atoms with Gasteiger partial charge in [-0.3, -0.25) is 0 Å². The van der Waals surface area contributed by atoms with Crippen molar-refractivity contribution in [3.05, 3.63) is 61.7 Å². The Morgan fingerprint density at radius 3 is 2.61 bits per heavy atom. The van der Waals surface area contributed by atoms with Crippen LogP contribution in [0.1, 0.15) is 5.56 Å². The molecular weight excluding hydrogens is 384 g/mol. The van der Waals surface area contributed by atoms with Gasteiger partial charge in [-0.15, -0.1) is 0 Å². The van der Waals surface area contributed by atoms with Gasteiger partial charge in [0.2, 0.25) is 0 Å². The summed E-state index contributed by atoms with van der Waals surface area (Å²) in [6.45, 7) is 0.514. The van der Waals surface area contributed by atoms with Crippen LogP contribution >= 0.6 is 43.5 Å². The Balaban J connectivity index is 2.11. The molecule has 2 rings (SSSR count). The fourth-order valence-electron chi connectivity index (χ4n) is 1.48. The van der Waals surface area contributed by atoms with E-state index in [1.54, 1.807) is 12.1 Å². The summed E-state index contributed by atoms with van der Waals surface area (Å²) >= 11 is 12.6. The monoisotopic (exact) mass is 391 g/mol. The first-order chi connectivity index (χ1) is 8.56. The van der Waals surface area contributed by atoms with Crippen LogP contribution in [0.3, 0.4) is 0 Å². The zero-order valence-electron chi connectivity index (χ0n) is 9.18. The van der Waals surface area contributed by atoms with Crippen LogP contribution in [0.5, 0.6) is 0 Å². The van der Waals surface area contributed by atoms with Crippen molar-refractivity contribution in [3.63, 3.8) is 0 Å². The lowest BCUT2D eigenvalue weighted by atomic mass is 10.2. The van der Waals surface area contributed by atoms with Crippen LogP contribution in [0.15, 0.2) is 45.3 Å². The third-order valence-corrected chi connectivity index (χ3v) is 4.12. The number of anilines is 1. The maximum Gasteiger partial charge on any atom is 0.146 e. The summed E-state index contributed by atoms with van der Waals surface area (Å²) in [7, 11) is 0. The van der Waals surface area contributed by atoms with Crippen LogP contribution in [-0.4, -0.2) is 0 Å². The highest BCUT2D eigenvalue weighted by Gasteiger charge is 2.03. The SMILES string of the molecule is Fc1ccc(Br)cc1NCc1ccc(Br)c(Cl)c1. The molecule has 2 aromatic rings. The second-order valence-electron chi connectivity index (χ2n) is 3.73. The van der Waals surface area contributed by atoms with Gasteiger partial charge in [0.1, 0.15) is 5.82 Å². The molecule has 0 aliphatic rings. The highest BCUT2D eigenvalue weighted by molar-refractivity contribution is 9.10. The first kappa shape index (κ1) is 13.8. The Kier molecular flexibility index (Phi) is 4.65. The van der Waals surface area contributed by atoms with Crippen molar-refractivity contribution in [3.8, 4) is 0 Å². The van der Waals surface area contributed by atoms with Gasteiger partial charge in [0.25, 0.3) is 0 Å². The molecule has 0 saturated carbocycles. The summed E-state index contributed by atoms with van der Waals surface area (Å²) in [6.07, 6.45) is 0. The first-order valence-corrected chi connectivity index (χ1v) is 7.15. The Bertz CT molecular complexity index is 575. The number of hydrogen-bond acceptors (Lipinski definition) is 1. The normalized spacial score (nSPS) is 10.4. The highest BCUT2D eigenvalue weighted by Crippen LogP contribution is 2.24. The summed E-state index contributed by atoms with van der Waals surface area (Å²) in [4.78, 5) is 0. The Morgan fingerprint density at radius 1 is 1.11 bits per heavy atom. The minimum atomic E-state index is -0.276. The summed E-state index contributed by atoms with van der Waals surface area (Å²) in [5.74, 6) is -0.276. The average molecular weight is 393 g/mol. The van der Waals surface area contributed by atoms with Crippen LogP contribution in [0.2, 0.25) is 5.02 Å². The molecule has 0 amide bonds. The quantitative estimate of drug-likeness (QED) is 0.714. The predicted octanol–water partition coefficient (Wildman–Crippen LogP) is 5.62. The van der Waals surface area contributed by atoms with Gasteiger partial charge in [-0.2, -0.15) is 0 Å². The predicted molar refractivity (Wildman–Crippen MR) is 80.6 cm³/mol. The molecule has 0 spiro atoms. The van der Waals surface area contributed by atoms with Gasteiger partial charge in [0, 0.05) is 15.5 Å². The molecule has 18 heavy (non-hydrogen) atoms. The zero-order valence-corrected chi connectivity index (χ0v) is 13.1. The van der Waals surface area contributed by atoms with Gasteiger partial charge < -0.3 is 5.32 Å². The van der Waals surface area contributed by atoms with Gasteiger partial charge in [-0.1, -0.05) is 33.6 Å². The lowest BCUT2D eigenvalue weighted by Gasteiger charge is -2.09. The molecule has 0 radical (unpaired) electrons. The molecular formula is C13H9Br2ClFN. The maximum atomic E-state index is 13.5. The minimum Gasteiger partial charge on any atom is -0.379 e. The van der Waals surface area contributed by atoms with Crippen LogP contribution in [-0.2, 0) is 6.54 Å². The number of hydrogen-bond donors (Lipinski definition) is 1. The number of benzene rings is 2. The fourth-order valence-corrected chi connectivity index (χ4v) is 2.29. The average Bonchev–Trinajstić information content (AvgIpc) is 2.34. The number of halogens is 4. The lowest BCUT2D eigenvalue weighted by molar-refractivity contribution is 0.630. The molecule has 1 N–H and O–H groups in total. The van der Waals surface area contributed by atoms with Crippen molar-refractivity contribution in [1.29, 1.82) is 0 Å². The second-order valence-corrected chi connectivity index (χ2v) is 5.90. The zero-order chi connectivity index (χ0) is 13.1. The maximum absolute atomic E-state index is 13.5. The summed E-state index contributed by atoms with van der Waals surface area (Å²) < 4.78 is 15.2. The fraction of sp³-hybridized carbons (Fsp3) is 0.0769. The van der Waals surface area contributed by atoms with E-state index in [4.69, 9.17) is 11.6 Å². The first-order valence-electron chi connectivity index (χ1n) is 5.19. The van der Waals surface area contributed by atoms with Gasteiger partial charge in [-0.05, 0) is 51.8 Å². The molecule has 0 heterocycles. The molecule has 0 saturated heterocycles. The van der Waals surface area contributed by atoms with E-state index in [1.165, 1.54) is 6.07 Å². The van der Waals surface area contributed by atoms with Crippen molar-refractivity contribution in [2.45, 2.75) is 6.54 Å². The molecule has 0 bridgehead atoms. The Morgan fingerprint density at radius 2 is 1.89 bits per heavy atom.